The number of carbonyl (C=O) groups excluding carboxylic acids is 2. The Hall–Kier alpha value is -2.90. The minimum atomic E-state index is -0.128. The summed E-state index contributed by atoms with van der Waals surface area (Å²) in [5.41, 5.74) is 8.11. The largest absolute Gasteiger partial charge is 0.496 e. The molecule has 2 aliphatic rings. The summed E-state index contributed by atoms with van der Waals surface area (Å²) in [7, 11) is 1.59. The van der Waals surface area contributed by atoms with E-state index in [0.717, 1.165) is 18.5 Å². The van der Waals surface area contributed by atoms with Crippen LogP contribution in [0.2, 0.25) is 0 Å². The van der Waals surface area contributed by atoms with Crippen molar-refractivity contribution in [2.75, 3.05) is 38.2 Å². The number of anilines is 1. The number of piperidine rings is 1. The van der Waals surface area contributed by atoms with E-state index in [-0.39, 0.29) is 23.8 Å². The highest BCUT2D eigenvalue weighted by atomic mass is 16.5. The second-order valence-electron chi connectivity index (χ2n) is 8.41. The third-order valence-corrected chi connectivity index (χ3v) is 6.66. The average molecular weight is 437 g/mol. The lowest BCUT2D eigenvalue weighted by Gasteiger charge is -2.37. The Labute approximate surface area is 189 Å². The first kappa shape index (κ1) is 22.3. The molecule has 7 heteroatoms. The molecule has 2 unspecified atom stereocenters. The number of hydrogen-bond acceptors (Lipinski definition) is 5. The Kier molecular flexibility index (Phi) is 7.07. The predicted molar refractivity (Wildman–Crippen MR) is 125 cm³/mol. The molecule has 7 nitrogen and oxygen atoms in total. The van der Waals surface area contributed by atoms with Crippen LogP contribution in [0.5, 0.6) is 5.75 Å². The standard InChI is InChI=1S/C25H32N4O3/c1-3-29(19-9-5-4-6-10-19)25(31)21-17-26-27-23(21)18-13-15-28(16-14-18)24(30)20-11-7-8-12-22(20)32-2/h4-12,18,21,23,26-27H,3,13-17H2,1-2H3. The van der Waals surface area contributed by atoms with Crippen molar-refractivity contribution < 1.29 is 14.3 Å². The second-order valence-corrected chi connectivity index (χ2v) is 8.41. The maximum absolute atomic E-state index is 13.4. The molecule has 2 N–H and O–H groups in total. The molecule has 2 fully saturated rings. The fourth-order valence-electron chi connectivity index (χ4n) is 4.93. The zero-order valence-corrected chi connectivity index (χ0v) is 18.8. The third kappa shape index (κ3) is 4.49. The van der Waals surface area contributed by atoms with Crippen molar-refractivity contribution in [1.29, 1.82) is 0 Å². The van der Waals surface area contributed by atoms with Gasteiger partial charge in [0, 0.05) is 37.9 Å². The molecule has 2 aliphatic heterocycles. The van der Waals surface area contributed by atoms with Gasteiger partial charge in [0.15, 0.2) is 0 Å². The molecule has 2 saturated heterocycles. The third-order valence-electron chi connectivity index (χ3n) is 6.66. The number of nitrogens with zero attached hydrogens (tertiary/aromatic N) is 2. The van der Waals surface area contributed by atoms with E-state index < -0.39 is 0 Å². The minimum Gasteiger partial charge on any atom is -0.496 e. The van der Waals surface area contributed by atoms with Crippen molar-refractivity contribution in [3.63, 3.8) is 0 Å². The van der Waals surface area contributed by atoms with Crippen LogP contribution in [0.4, 0.5) is 5.69 Å². The van der Waals surface area contributed by atoms with E-state index in [4.69, 9.17) is 4.74 Å². The first-order chi connectivity index (χ1) is 15.6. The smallest absolute Gasteiger partial charge is 0.257 e. The Morgan fingerprint density at radius 2 is 1.75 bits per heavy atom. The fraction of sp³-hybridized carbons (Fsp3) is 0.440. The van der Waals surface area contributed by atoms with Crippen molar-refractivity contribution in [3.8, 4) is 5.75 Å². The van der Waals surface area contributed by atoms with E-state index in [1.807, 2.05) is 71.3 Å². The lowest BCUT2D eigenvalue weighted by molar-refractivity contribution is -0.122. The van der Waals surface area contributed by atoms with Crippen molar-refractivity contribution in [2.45, 2.75) is 25.8 Å². The molecule has 0 saturated carbocycles. The quantitative estimate of drug-likeness (QED) is 0.728. The molecule has 32 heavy (non-hydrogen) atoms. The van der Waals surface area contributed by atoms with Gasteiger partial charge < -0.3 is 14.5 Å². The number of likely N-dealkylation sites (tertiary alicyclic amines) is 1. The maximum Gasteiger partial charge on any atom is 0.257 e. The van der Waals surface area contributed by atoms with Crippen LogP contribution in [0.1, 0.15) is 30.1 Å². The topological polar surface area (TPSA) is 73.9 Å². The van der Waals surface area contributed by atoms with Crippen molar-refractivity contribution in [1.82, 2.24) is 15.8 Å². The molecule has 170 valence electrons. The summed E-state index contributed by atoms with van der Waals surface area (Å²) in [5, 5.41) is 0. The number of hydrogen-bond donors (Lipinski definition) is 2. The van der Waals surface area contributed by atoms with Gasteiger partial charge in [-0.2, -0.15) is 0 Å². The van der Waals surface area contributed by atoms with E-state index in [1.54, 1.807) is 7.11 Å². The van der Waals surface area contributed by atoms with E-state index in [2.05, 4.69) is 10.9 Å². The molecule has 2 aromatic rings. The summed E-state index contributed by atoms with van der Waals surface area (Å²) in [6, 6.07) is 17.3. The van der Waals surface area contributed by atoms with Crippen LogP contribution >= 0.6 is 0 Å². The highest BCUT2D eigenvalue weighted by Gasteiger charge is 2.41. The number of carbonyl (C=O) groups is 2. The van der Waals surface area contributed by atoms with Crippen LogP contribution < -0.4 is 20.5 Å². The van der Waals surface area contributed by atoms with E-state index in [0.29, 0.717) is 43.4 Å². The number of benzene rings is 2. The first-order valence-electron chi connectivity index (χ1n) is 11.4. The van der Waals surface area contributed by atoms with Crippen LogP contribution in [-0.4, -0.2) is 56.0 Å². The maximum atomic E-state index is 13.4. The Bertz CT molecular complexity index is 928. The van der Waals surface area contributed by atoms with Crippen molar-refractivity contribution in [3.05, 3.63) is 60.2 Å². The summed E-state index contributed by atoms with van der Waals surface area (Å²) in [5.74, 6) is 0.959. The number of rotatable bonds is 6. The number of nitrogens with one attached hydrogen (secondary N) is 2. The van der Waals surface area contributed by atoms with Crippen LogP contribution in [0.3, 0.4) is 0 Å². The van der Waals surface area contributed by atoms with Gasteiger partial charge in [0.25, 0.3) is 5.91 Å². The van der Waals surface area contributed by atoms with Crippen LogP contribution in [0.25, 0.3) is 0 Å². The molecule has 0 aromatic heterocycles. The van der Waals surface area contributed by atoms with Gasteiger partial charge in [-0.3, -0.25) is 20.4 Å². The average Bonchev–Trinajstić information content (AvgIpc) is 3.35. The summed E-state index contributed by atoms with van der Waals surface area (Å²) in [6.07, 6.45) is 1.73. The molecule has 2 atom stereocenters. The van der Waals surface area contributed by atoms with Gasteiger partial charge in [-0.1, -0.05) is 30.3 Å². The summed E-state index contributed by atoms with van der Waals surface area (Å²) < 4.78 is 5.36. The fourth-order valence-corrected chi connectivity index (χ4v) is 4.93. The molecular formula is C25H32N4O3. The molecule has 0 aliphatic carbocycles. The highest BCUT2D eigenvalue weighted by Crippen LogP contribution is 2.30. The summed E-state index contributed by atoms with van der Waals surface area (Å²) >= 11 is 0. The lowest BCUT2D eigenvalue weighted by Crippen LogP contribution is -2.49. The van der Waals surface area contributed by atoms with E-state index >= 15 is 0 Å². The molecule has 2 heterocycles. The monoisotopic (exact) mass is 436 g/mol. The van der Waals surface area contributed by atoms with Crippen LogP contribution in [0.15, 0.2) is 54.6 Å². The van der Waals surface area contributed by atoms with Gasteiger partial charge in [0.1, 0.15) is 5.75 Å². The number of hydrazine groups is 1. The highest BCUT2D eigenvalue weighted by molar-refractivity contribution is 5.97. The molecule has 0 spiro atoms. The molecule has 2 amide bonds. The van der Waals surface area contributed by atoms with Crippen LogP contribution in [0, 0.1) is 11.8 Å². The Balaban J connectivity index is 1.40. The van der Waals surface area contributed by atoms with E-state index in [1.165, 1.54) is 0 Å². The van der Waals surface area contributed by atoms with Gasteiger partial charge in [-0.05, 0) is 49.9 Å². The molecular weight excluding hydrogens is 404 g/mol. The minimum absolute atomic E-state index is 0.00673. The predicted octanol–water partition coefficient (Wildman–Crippen LogP) is 2.69. The second kappa shape index (κ2) is 10.1. The van der Waals surface area contributed by atoms with Gasteiger partial charge >= 0.3 is 0 Å². The number of methoxy groups -OCH3 is 1. The number of para-hydroxylation sites is 2. The first-order valence-corrected chi connectivity index (χ1v) is 11.4. The lowest BCUT2D eigenvalue weighted by atomic mass is 9.82. The molecule has 4 rings (SSSR count). The summed E-state index contributed by atoms with van der Waals surface area (Å²) in [6.45, 7) is 4.62. The molecule has 2 aromatic carbocycles. The molecule has 0 radical (unpaired) electrons. The molecule has 0 bridgehead atoms. The Morgan fingerprint density at radius 3 is 2.44 bits per heavy atom. The van der Waals surface area contributed by atoms with E-state index in [9.17, 15) is 9.59 Å². The number of ether oxygens (including phenoxy) is 1. The van der Waals surface area contributed by atoms with Gasteiger partial charge in [-0.25, -0.2) is 0 Å². The van der Waals surface area contributed by atoms with Crippen molar-refractivity contribution >= 4 is 17.5 Å². The summed E-state index contributed by atoms with van der Waals surface area (Å²) in [4.78, 5) is 30.2. The zero-order valence-electron chi connectivity index (χ0n) is 18.8. The normalized spacial score (nSPS) is 21.4. The van der Waals surface area contributed by atoms with Gasteiger partial charge in [-0.15, -0.1) is 0 Å². The number of amides is 2. The Morgan fingerprint density at radius 1 is 1.06 bits per heavy atom. The van der Waals surface area contributed by atoms with Gasteiger partial charge in [0.05, 0.1) is 18.6 Å². The zero-order chi connectivity index (χ0) is 22.5. The SMILES string of the molecule is CCN(C(=O)C1CNNC1C1CCN(C(=O)c2ccccc2OC)CC1)c1ccccc1. The van der Waals surface area contributed by atoms with Crippen LogP contribution in [-0.2, 0) is 4.79 Å². The van der Waals surface area contributed by atoms with Gasteiger partial charge in [0.2, 0.25) is 5.91 Å². The van der Waals surface area contributed by atoms with Crippen molar-refractivity contribution in [2.24, 2.45) is 11.8 Å².